The molecule has 2 rings (SSSR count). The molecule has 0 aromatic heterocycles. The van der Waals surface area contributed by atoms with Crippen molar-refractivity contribution in [1.29, 1.82) is 5.26 Å². The van der Waals surface area contributed by atoms with E-state index in [1.54, 1.807) is 0 Å². The molecule has 1 nitrogen and oxygen atoms in total. The minimum absolute atomic E-state index is 0.119. The fourth-order valence-corrected chi connectivity index (χ4v) is 2.68. The summed E-state index contributed by atoms with van der Waals surface area (Å²) in [6.07, 6.45) is 6.64. The molecule has 1 aromatic carbocycles. The zero-order valence-corrected chi connectivity index (χ0v) is 10.1. The lowest BCUT2D eigenvalue weighted by atomic mass is 9.71. The first kappa shape index (κ1) is 11.5. The number of benzene rings is 1. The standard InChI is InChI=1S/C14H16ClN/c15-13-6-4-12(5-7-13)10-14(11-16)8-2-1-3-9-14/h4-7H,1-3,8-10H2. The maximum absolute atomic E-state index is 9.38. The SMILES string of the molecule is N#CC1(Cc2ccc(Cl)cc2)CCCCC1. The molecule has 84 valence electrons. The van der Waals surface area contributed by atoms with Gasteiger partial charge in [0.1, 0.15) is 0 Å². The van der Waals surface area contributed by atoms with Crippen LogP contribution in [0.5, 0.6) is 0 Å². The highest BCUT2D eigenvalue weighted by atomic mass is 35.5. The topological polar surface area (TPSA) is 23.8 Å². The first-order chi connectivity index (χ1) is 7.74. The quantitative estimate of drug-likeness (QED) is 0.745. The van der Waals surface area contributed by atoms with Gasteiger partial charge >= 0.3 is 0 Å². The summed E-state index contributed by atoms with van der Waals surface area (Å²) in [6.45, 7) is 0. The van der Waals surface area contributed by atoms with Crippen LogP contribution < -0.4 is 0 Å². The molecule has 0 spiro atoms. The Bertz CT molecular complexity index is 382. The van der Waals surface area contributed by atoms with Gasteiger partial charge in [0.25, 0.3) is 0 Å². The van der Waals surface area contributed by atoms with Gasteiger partial charge in [0.15, 0.2) is 0 Å². The van der Waals surface area contributed by atoms with E-state index in [4.69, 9.17) is 11.6 Å². The Labute approximate surface area is 102 Å². The number of hydrogen-bond acceptors (Lipinski definition) is 1. The van der Waals surface area contributed by atoms with Crippen molar-refractivity contribution in [3.63, 3.8) is 0 Å². The van der Waals surface area contributed by atoms with E-state index in [2.05, 4.69) is 6.07 Å². The molecule has 0 aliphatic heterocycles. The third-order valence-corrected chi connectivity index (χ3v) is 3.76. The predicted octanol–water partition coefficient (Wildman–Crippen LogP) is 4.36. The maximum atomic E-state index is 9.38. The molecular weight excluding hydrogens is 218 g/mol. The summed E-state index contributed by atoms with van der Waals surface area (Å²) in [6, 6.07) is 10.4. The molecule has 0 unspecified atom stereocenters. The van der Waals surface area contributed by atoms with Crippen molar-refractivity contribution < 1.29 is 0 Å². The lowest BCUT2D eigenvalue weighted by Gasteiger charge is -2.30. The van der Waals surface area contributed by atoms with Crippen LogP contribution in [0.15, 0.2) is 24.3 Å². The van der Waals surface area contributed by atoms with Crippen LogP contribution in [0.4, 0.5) is 0 Å². The summed E-state index contributed by atoms with van der Waals surface area (Å²) in [5, 5.41) is 10.1. The van der Waals surface area contributed by atoms with Crippen LogP contribution in [0, 0.1) is 16.7 Å². The minimum atomic E-state index is -0.119. The van der Waals surface area contributed by atoms with Gasteiger partial charge in [0, 0.05) is 5.02 Å². The van der Waals surface area contributed by atoms with Crippen molar-refractivity contribution in [1.82, 2.24) is 0 Å². The van der Waals surface area contributed by atoms with E-state index in [-0.39, 0.29) is 5.41 Å². The maximum Gasteiger partial charge on any atom is 0.0693 e. The highest BCUT2D eigenvalue weighted by Gasteiger charge is 2.31. The monoisotopic (exact) mass is 233 g/mol. The molecule has 1 aromatic rings. The van der Waals surface area contributed by atoms with E-state index in [1.165, 1.54) is 24.8 Å². The minimum Gasteiger partial charge on any atom is -0.198 e. The third-order valence-electron chi connectivity index (χ3n) is 3.50. The van der Waals surface area contributed by atoms with Crippen LogP contribution in [-0.4, -0.2) is 0 Å². The van der Waals surface area contributed by atoms with Crippen molar-refractivity contribution in [2.45, 2.75) is 38.5 Å². The molecule has 0 heterocycles. The van der Waals surface area contributed by atoms with E-state index in [0.717, 1.165) is 24.3 Å². The van der Waals surface area contributed by atoms with Gasteiger partial charge in [-0.1, -0.05) is 43.0 Å². The van der Waals surface area contributed by atoms with E-state index >= 15 is 0 Å². The van der Waals surface area contributed by atoms with E-state index in [0.29, 0.717) is 0 Å². The second-order valence-corrected chi connectivity index (χ2v) is 5.19. The average Bonchev–Trinajstić information content (AvgIpc) is 2.33. The summed E-state index contributed by atoms with van der Waals surface area (Å²) in [5.41, 5.74) is 1.11. The average molecular weight is 234 g/mol. The lowest BCUT2D eigenvalue weighted by Crippen LogP contribution is -2.24. The highest BCUT2D eigenvalue weighted by Crippen LogP contribution is 2.38. The van der Waals surface area contributed by atoms with Crippen molar-refractivity contribution in [2.75, 3.05) is 0 Å². The normalized spacial score (nSPS) is 19.0. The van der Waals surface area contributed by atoms with Crippen molar-refractivity contribution in [3.05, 3.63) is 34.9 Å². The molecule has 2 heteroatoms. The highest BCUT2D eigenvalue weighted by molar-refractivity contribution is 6.30. The van der Waals surface area contributed by atoms with E-state index < -0.39 is 0 Å². The Kier molecular flexibility index (Phi) is 3.51. The van der Waals surface area contributed by atoms with E-state index in [9.17, 15) is 5.26 Å². The van der Waals surface area contributed by atoms with Gasteiger partial charge in [0.2, 0.25) is 0 Å². The Balaban J connectivity index is 2.12. The van der Waals surface area contributed by atoms with Gasteiger partial charge in [-0.2, -0.15) is 5.26 Å². The predicted molar refractivity (Wildman–Crippen MR) is 66.3 cm³/mol. The zero-order valence-electron chi connectivity index (χ0n) is 9.38. The summed E-state index contributed by atoms with van der Waals surface area (Å²) in [5.74, 6) is 0. The van der Waals surface area contributed by atoms with E-state index in [1.807, 2.05) is 24.3 Å². The second-order valence-electron chi connectivity index (χ2n) is 4.76. The Morgan fingerprint density at radius 2 is 1.75 bits per heavy atom. The van der Waals surface area contributed by atoms with Gasteiger partial charge in [0.05, 0.1) is 11.5 Å². The van der Waals surface area contributed by atoms with Crippen molar-refractivity contribution in [3.8, 4) is 6.07 Å². The van der Waals surface area contributed by atoms with Crippen LogP contribution >= 0.6 is 11.6 Å². The summed E-state index contributed by atoms with van der Waals surface area (Å²) >= 11 is 5.86. The molecular formula is C14H16ClN. The van der Waals surface area contributed by atoms with Crippen LogP contribution in [0.25, 0.3) is 0 Å². The molecule has 16 heavy (non-hydrogen) atoms. The van der Waals surface area contributed by atoms with Gasteiger partial charge in [-0.3, -0.25) is 0 Å². The van der Waals surface area contributed by atoms with Crippen LogP contribution in [0.1, 0.15) is 37.7 Å². The molecule has 0 radical (unpaired) electrons. The largest absolute Gasteiger partial charge is 0.198 e. The van der Waals surface area contributed by atoms with Crippen LogP contribution in [-0.2, 0) is 6.42 Å². The summed E-state index contributed by atoms with van der Waals surface area (Å²) in [4.78, 5) is 0. The molecule has 0 N–H and O–H groups in total. The van der Waals surface area contributed by atoms with Crippen molar-refractivity contribution in [2.24, 2.45) is 5.41 Å². The molecule has 1 aliphatic rings. The Hall–Kier alpha value is -1.00. The first-order valence-corrected chi connectivity index (χ1v) is 6.28. The van der Waals surface area contributed by atoms with Gasteiger partial charge in [-0.05, 0) is 37.0 Å². The van der Waals surface area contributed by atoms with Crippen molar-refractivity contribution >= 4 is 11.6 Å². The number of rotatable bonds is 2. The van der Waals surface area contributed by atoms with Gasteiger partial charge in [-0.25, -0.2) is 0 Å². The fourth-order valence-electron chi connectivity index (χ4n) is 2.55. The molecule has 1 aliphatic carbocycles. The van der Waals surface area contributed by atoms with Gasteiger partial charge in [-0.15, -0.1) is 0 Å². The number of nitriles is 1. The molecule has 0 amide bonds. The lowest BCUT2D eigenvalue weighted by molar-refractivity contribution is 0.266. The molecule has 0 saturated heterocycles. The molecule has 0 bridgehead atoms. The Morgan fingerprint density at radius 1 is 1.12 bits per heavy atom. The van der Waals surface area contributed by atoms with Gasteiger partial charge < -0.3 is 0 Å². The molecule has 0 atom stereocenters. The smallest absolute Gasteiger partial charge is 0.0693 e. The zero-order chi connectivity index (χ0) is 11.4. The summed E-state index contributed by atoms with van der Waals surface area (Å²) < 4.78 is 0. The number of nitrogens with zero attached hydrogens (tertiary/aromatic N) is 1. The van der Waals surface area contributed by atoms with Crippen LogP contribution in [0.3, 0.4) is 0 Å². The third kappa shape index (κ3) is 2.57. The van der Waals surface area contributed by atoms with Crippen LogP contribution in [0.2, 0.25) is 5.02 Å². The number of halogens is 1. The number of hydrogen-bond donors (Lipinski definition) is 0. The first-order valence-electron chi connectivity index (χ1n) is 5.90. The Morgan fingerprint density at radius 3 is 2.31 bits per heavy atom. The molecule has 1 fully saturated rings. The summed E-state index contributed by atoms with van der Waals surface area (Å²) in [7, 11) is 0. The molecule has 1 saturated carbocycles. The second kappa shape index (κ2) is 4.89. The fraction of sp³-hybridized carbons (Fsp3) is 0.500.